The first-order valence-corrected chi connectivity index (χ1v) is 10.7. The van der Waals surface area contributed by atoms with Crippen LogP contribution in [0.3, 0.4) is 0 Å². The van der Waals surface area contributed by atoms with Gasteiger partial charge < -0.3 is 15.4 Å². The number of hydrogen-bond donors (Lipinski definition) is 2. The number of aryl methyl sites for hydroxylation is 1. The standard InChI is InChI=1S/C25H25ClN2O2/c1-30-23-15-14-19(16-21(23)26)27-25(29)24(18-9-3-2-4-10-18)28-22-13-7-11-17-8-5-6-12-20(17)22/h2-6,8-10,12,14-16,22,24,28H,7,11,13H2,1H3,(H,27,29)/p+1/t22-,24+/m1/s1. The highest BCUT2D eigenvalue weighted by molar-refractivity contribution is 6.32. The molecule has 2 atom stereocenters. The molecule has 1 aliphatic rings. The number of anilines is 1. The van der Waals surface area contributed by atoms with Crippen molar-refractivity contribution >= 4 is 23.2 Å². The lowest BCUT2D eigenvalue weighted by atomic mass is 9.87. The first-order chi connectivity index (χ1) is 14.7. The Kier molecular flexibility index (Phi) is 6.36. The van der Waals surface area contributed by atoms with Crippen LogP contribution in [0, 0.1) is 0 Å². The number of hydrogen-bond acceptors (Lipinski definition) is 2. The molecule has 1 aliphatic carbocycles. The molecule has 3 N–H and O–H groups in total. The van der Waals surface area contributed by atoms with E-state index in [-0.39, 0.29) is 18.0 Å². The maximum atomic E-state index is 13.3. The van der Waals surface area contributed by atoms with Gasteiger partial charge in [0.1, 0.15) is 11.8 Å². The van der Waals surface area contributed by atoms with Crippen LogP contribution in [0.15, 0.2) is 72.8 Å². The highest BCUT2D eigenvalue weighted by Crippen LogP contribution is 2.29. The molecule has 0 aliphatic heterocycles. The Morgan fingerprint density at radius 3 is 2.63 bits per heavy atom. The zero-order valence-electron chi connectivity index (χ0n) is 17.0. The average Bonchev–Trinajstić information content (AvgIpc) is 2.78. The van der Waals surface area contributed by atoms with Crippen LogP contribution in [-0.4, -0.2) is 13.0 Å². The molecule has 0 bridgehead atoms. The fourth-order valence-corrected chi connectivity index (χ4v) is 4.46. The molecule has 0 saturated carbocycles. The van der Waals surface area contributed by atoms with Crippen LogP contribution in [0.4, 0.5) is 5.69 Å². The van der Waals surface area contributed by atoms with Gasteiger partial charge in [0.15, 0.2) is 6.04 Å². The number of ether oxygens (including phenoxy) is 1. The van der Waals surface area contributed by atoms with Crippen molar-refractivity contribution in [1.29, 1.82) is 0 Å². The van der Waals surface area contributed by atoms with Crippen molar-refractivity contribution in [2.75, 3.05) is 12.4 Å². The van der Waals surface area contributed by atoms with Crippen LogP contribution >= 0.6 is 11.6 Å². The Morgan fingerprint density at radius 1 is 1.10 bits per heavy atom. The molecule has 0 aromatic heterocycles. The fraction of sp³-hybridized carbons (Fsp3) is 0.240. The van der Waals surface area contributed by atoms with Gasteiger partial charge in [0, 0.05) is 23.2 Å². The molecule has 5 heteroatoms. The number of halogens is 1. The second-order valence-electron chi connectivity index (χ2n) is 7.62. The summed E-state index contributed by atoms with van der Waals surface area (Å²) < 4.78 is 5.20. The molecule has 0 radical (unpaired) electrons. The predicted octanol–water partition coefficient (Wildman–Crippen LogP) is 4.67. The van der Waals surface area contributed by atoms with E-state index in [1.54, 1.807) is 25.3 Å². The quantitative estimate of drug-likeness (QED) is 0.607. The maximum absolute atomic E-state index is 13.3. The summed E-state index contributed by atoms with van der Waals surface area (Å²) >= 11 is 6.24. The van der Waals surface area contributed by atoms with Gasteiger partial charge in [-0.25, -0.2) is 0 Å². The highest BCUT2D eigenvalue weighted by atomic mass is 35.5. The van der Waals surface area contributed by atoms with Crippen molar-refractivity contribution in [2.45, 2.75) is 31.3 Å². The molecular formula is C25H26ClN2O2+. The number of amides is 1. The van der Waals surface area contributed by atoms with Crippen LogP contribution in [0.5, 0.6) is 5.75 Å². The molecule has 154 valence electrons. The molecule has 3 aromatic carbocycles. The third kappa shape index (κ3) is 4.50. The SMILES string of the molecule is COc1ccc(NC(=O)[C@@H]([NH2+][C@@H]2CCCc3ccccc32)c2ccccc2)cc1Cl. The van der Waals surface area contributed by atoms with E-state index in [4.69, 9.17) is 16.3 Å². The Balaban J connectivity index is 1.59. The molecule has 0 saturated heterocycles. The molecule has 30 heavy (non-hydrogen) atoms. The van der Waals surface area contributed by atoms with E-state index < -0.39 is 0 Å². The number of nitrogens with two attached hydrogens (primary N) is 1. The Bertz CT molecular complexity index is 1020. The van der Waals surface area contributed by atoms with E-state index in [0.29, 0.717) is 16.5 Å². The van der Waals surface area contributed by atoms with Crippen molar-refractivity contribution in [1.82, 2.24) is 0 Å². The summed E-state index contributed by atoms with van der Waals surface area (Å²) in [6.45, 7) is 0. The largest absolute Gasteiger partial charge is 0.495 e. The number of rotatable bonds is 6. The van der Waals surface area contributed by atoms with E-state index in [0.717, 1.165) is 24.8 Å². The molecule has 0 spiro atoms. The lowest BCUT2D eigenvalue weighted by molar-refractivity contribution is -0.723. The van der Waals surface area contributed by atoms with E-state index >= 15 is 0 Å². The van der Waals surface area contributed by atoms with E-state index in [9.17, 15) is 4.79 Å². The normalized spacial score (nSPS) is 16.4. The Hall–Kier alpha value is -2.82. The Labute approximate surface area is 182 Å². The minimum atomic E-state index is -0.358. The van der Waals surface area contributed by atoms with Gasteiger partial charge >= 0.3 is 0 Å². The summed E-state index contributed by atoms with van der Waals surface area (Å²) in [6, 6.07) is 23.7. The number of carbonyl (C=O) groups is 1. The first-order valence-electron chi connectivity index (χ1n) is 10.3. The first kappa shape index (κ1) is 20.5. The second kappa shape index (κ2) is 9.33. The summed E-state index contributed by atoms with van der Waals surface area (Å²) in [5, 5.41) is 5.71. The molecule has 1 amide bonds. The van der Waals surface area contributed by atoms with Crippen LogP contribution < -0.4 is 15.4 Å². The van der Waals surface area contributed by atoms with Crippen LogP contribution in [0.2, 0.25) is 5.02 Å². The van der Waals surface area contributed by atoms with Crippen LogP contribution in [-0.2, 0) is 11.2 Å². The zero-order valence-corrected chi connectivity index (χ0v) is 17.7. The molecule has 4 rings (SSSR count). The van der Waals surface area contributed by atoms with Gasteiger partial charge in [-0.2, -0.15) is 0 Å². The third-order valence-electron chi connectivity index (χ3n) is 5.70. The van der Waals surface area contributed by atoms with Gasteiger partial charge in [-0.15, -0.1) is 0 Å². The molecule has 0 unspecified atom stereocenters. The molecular weight excluding hydrogens is 396 g/mol. The summed E-state index contributed by atoms with van der Waals surface area (Å²) in [5.74, 6) is 0.519. The maximum Gasteiger partial charge on any atom is 0.287 e. The van der Waals surface area contributed by atoms with Gasteiger partial charge in [0.2, 0.25) is 0 Å². The van der Waals surface area contributed by atoms with Gasteiger partial charge in [-0.3, -0.25) is 4.79 Å². The van der Waals surface area contributed by atoms with Crippen molar-refractivity contribution in [2.24, 2.45) is 0 Å². The number of methoxy groups -OCH3 is 1. The molecule has 0 fully saturated rings. The van der Waals surface area contributed by atoms with Crippen molar-refractivity contribution < 1.29 is 14.8 Å². The topological polar surface area (TPSA) is 54.9 Å². The van der Waals surface area contributed by atoms with Crippen LogP contribution in [0.1, 0.15) is 41.6 Å². The summed E-state index contributed by atoms with van der Waals surface area (Å²) in [5.41, 5.74) is 4.37. The van der Waals surface area contributed by atoms with Gasteiger partial charge in [0.05, 0.1) is 12.1 Å². The molecule has 3 aromatic rings. The lowest BCUT2D eigenvalue weighted by Gasteiger charge is -2.27. The summed E-state index contributed by atoms with van der Waals surface area (Å²) in [6.07, 6.45) is 3.30. The predicted molar refractivity (Wildman–Crippen MR) is 120 cm³/mol. The molecule has 4 nitrogen and oxygen atoms in total. The minimum Gasteiger partial charge on any atom is -0.495 e. The average molecular weight is 422 g/mol. The number of quaternary nitrogens is 1. The number of fused-ring (bicyclic) bond motifs is 1. The van der Waals surface area contributed by atoms with Gasteiger partial charge in [-0.1, -0.05) is 66.2 Å². The van der Waals surface area contributed by atoms with Crippen molar-refractivity contribution in [3.8, 4) is 5.75 Å². The van der Waals surface area contributed by atoms with E-state index in [1.807, 2.05) is 30.3 Å². The molecule has 0 heterocycles. The fourth-order valence-electron chi connectivity index (χ4n) is 4.20. The number of carbonyl (C=O) groups excluding carboxylic acids is 1. The monoisotopic (exact) mass is 421 g/mol. The van der Waals surface area contributed by atoms with Crippen LogP contribution in [0.25, 0.3) is 0 Å². The number of benzene rings is 3. The summed E-state index contributed by atoms with van der Waals surface area (Å²) in [7, 11) is 1.57. The minimum absolute atomic E-state index is 0.0644. The van der Waals surface area contributed by atoms with Gasteiger partial charge in [0.25, 0.3) is 5.91 Å². The summed E-state index contributed by atoms with van der Waals surface area (Å²) in [4.78, 5) is 13.3. The van der Waals surface area contributed by atoms with E-state index in [1.165, 1.54) is 11.1 Å². The van der Waals surface area contributed by atoms with Crippen molar-refractivity contribution in [3.05, 3.63) is 94.5 Å². The van der Waals surface area contributed by atoms with Gasteiger partial charge in [-0.05, 0) is 36.6 Å². The second-order valence-corrected chi connectivity index (χ2v) is 8.02. The third-order valence-corrected chi connectivity index (χ3v) is 6.00. The van der Waals surface area contributed by atoms with E-state index in [2.05, 4.69) is 34.9 Å². The number of nitrogens with one attached hydrogen (secondary N) is 1. The highest BCUT2D eigenvalue weighted by Gasteiger charge is 2.31. The lowest BCUT2D eigenvalue weighted by Crippen LogP contribution is -2.88. The van der Waals surface area contributed by atoms with Crippen molar-refractivity contribution in [3.63, 3.8) is 0 Å². The zero-order chi connectivity index (χ0) is 20.9. The Morgan fingerprint density at radius 2 is 1.87 bits per heavy atom. The smallest absolute Gasteiger partial charge is 0.287 e.